The van der Waals surface area contributed by atoms with Gasteiger partial charge >= 0.3 is 0 Å². The SMILES string of the molecule is C=CCn1cc(C)nc1NC(CCC)COC. The third-order valence-electron chi connectivity index (χ3n) is 2.56. The first-order chi connectivity index (χ1) is 8.21. The van der Waals surface area contributed by atoms with E-state index in [-0.39, 0.29) is 0 Å². The van der Waals surface area contributed by atoms with E-state index < -0.39 is 0 Å². The van der Waals surface area contributed by atoms with Crippen LogP contribution in [0.3, 0.4) is 0 Å². The second kappa shape index (κ2) is 7.12. The third-order valence-corrected chi connectivity index (χ3v) is 2.56. The molecule has 1 unspecified atom stereocenters. The zero-order chi connectivity index (χ0) is 12.7. The number of aryl methyl sites for hydroxylation is 1. The zero-order valence-corrected chi connectivity index (χ0v) is 11.1. The molecule has 0 aliphatic heterocycles. The molecule has 0 aromatic carbocycles. The van der Waals surface area contributed by atoms with E-state index in [1.165, 1.54) is 0 Å². The van der Waals surface area contributed by atoms with Gasteiger partial charge in [-0.1, -0.05) is 19.4 Å². The summed E-state index contributed by atoms with van der Waals surface area (Å²) in [5.74, 6) is 0.901. The minimum Gasteiger partial charge on any atom is -0.383 e. The first-order valence-electron chi connectivity index (χ1n) is 6.11. The summed E-state index contributed by atoms with van der Waals surface area (Å²) >= 11 is 0. The number of allylic oxidation sites excluding steroid dienone is 1. The van der Waals surface area contributed by atoms with E-state index >= 15 is 0 Å². The maximum atomic E-state index is 5.22. The summed E-state index contributed by atoms with van der Waals surface area (Å²) in [6, 6.07) is 0.315. The number of hydrogen-bond acceptors (Lipinski definition) is 3. The number of aromatic nitrogens is 2. The van der Waals surface area contributed by atoms with Crippen LogP contribution in [0.15, 0.2) is 18.9 Å². The van der Waals surface area contributed by atoms with Crippen LogP contribution in [0.1, 0.15) is 25.5 Å². The topological polar surface area (TPSA) is 39.1 Å². The van der Waals surface area contributed by atoms with Gasteiger partial charge in [-0.25, -0.2) is 4.98 Å². The number of hydrogen-bond donors (Lipinski definition) is 1. The lowest BCUT2D eigenvalue weighted by Crippen LogP contribution is -2.26. The lowest BCUT2D eigenvalue weighted by Gasteiger charge is -2.18. The number of nitrogens with zero attached hydrogens (tertiary/aromatic N) is 2. The molecule has 0 aliphatic carbocycles. The van der Waals surface area contributed by atoms with Gasteiger partial charge in [-0.15, -0.1) is 6.58 Å². The molecule has 0 saturated heterocycles. The highest BCUT2D eigenvalue weighted by Crippen LogP contribution is 2.12. The summed E-state index contributed by atoms with van der Waals surface area (Å²) in [5, 5.41) is 3.43. The molecule has 0 fully saturated rings. The lowest BCUT2D eigenvalue weighted by molar-refractivity contribution is 0.182. The minimum absolute atomic E-state index is 0.315. The normalized spacial score (nSPS) is 12.4. The Labute approximate surface area is 104 Å². The predicted molar refractivity (Wildman–Crippen MR) is 71.4 cm³/mol. The third kappa shape index (κ3) is 4.23. The van der Waals surface area contributed by atoms with E-state index in [4.69, 9.17) is 4.74 Å². The van der Waals surface area contributed by atoms with Gasteiger partial charge in [0.1, 0.15) is 0 Å². The molecule has 0 saturated carbocycles. The van der Waals surface area contributed by atoms with E-state index in [2.05, 4.69) is 28.4 Å². The molecule has 1 N–H and O–H groups in total. The second-order valence-corrected chi connectivity index (χ2v) is 4.23. The van der Waals surface area contributed by atoms with Crippen molar-refractivity contribution < 1.29 is 4.74 Å². The van der Waals surface area contributed by atoms with Gasteiger partial charge in [-0.3, -0.25) is 0 Å². The van der Waals surface area contributed by atoms with Crippen LogP contribution in [0, 0.1) is 6.92 Å². The van der Waals surface area contributed by atoms with E-state index in [1.54, 1.807) is 7.11 Å². The summed E-state index contributed by atoms with van der Waals surface area (Å²) < 4.78 is 7.29. The fourth-order valence-electron chi connectivity index (χ4n) is 1.87. The number of imidazole rings is 1. The summed E-state index contributed by atoms with van der Waals surface area (Å²) in [7, 11) is 1.73. The van der Waals surface area contributed by atoms with Crippen LogP contribution >= 0.6 is 0 Å². The van der Waals surface area contributed by atoms with Gasteiger partial charge in [-0.05, 0) is 13.3 Å². The van der Waals surface area contributed by atoms with Crippen LogP contribution in [0.25, 0.3) is 0 Å². The highest BCUT2D eigenvalue weighted by atomic mass is 16.5. The fraction of sp³-hybridized carbons (Fsp3) is 0.615. The molecular formula is C13H23N3O. The Morgan fingerprint density at radius 1 is 1.65 bits per heavy atom. The summed E-state index contributed by atoms with van der Waals surface area (Å²) in [5.41, 5.74) is 1.02. The van der Waals surface area contributed by atoms with Crippen LogP contribution in [0.5, 0.6) is 0 Å². The second-order valence-electron chi connectivity index (χ2n) is 4.23. The number of ether oxygens (including phenoxy) is 1. The quantitative estimate of drug-likeness (QED) is 0.706. The average molecular weight is 237 g/mol. The van der Waals surface area contributed by atoms with Gasteiger partial charge in [0.2, 0.25) is 5.95 Å². The van der Waals surface area contributed by atoms with Crippen molar-refractivity contribution in [2.24, 2.45) is 0 Å². The zero-order valence-electron chi connectivity index (χ0n) is 11.1. The smallest absolute Gasteiger partial charge is 0.203 e. The monoisotopic (exact) mass is 237 g/mol. The highest BCUT2D eigenvalue weighted by Gasteiger charge is 2.11. The van der Waals surface area contributed by atoms with Crippen molar-refractivity contribution >= 4 is 5.95 Å². The Balaban J connectivity index is 2.72. The summed E-state index contributed by atoms with van der Waals surface area (Å²) in [4.78, 5) is 4.48. The van der Waals surface area contributed by atoms with Gasteiger partial charge in [-0.2, -0.15) is 0 Å². The van der Waals surface area contributed by atoms with Gasteiger partial charge in [0.15, 0.2) is 0 Å². The maximum absolute atomic E-state index is 5.22. The molecule has 1 heterocycles. The summed E-state index contributed by atoms with van der Waals surface area (Å²) in [6.07, 6.45) is 6.10. The molecule has 96 valence electrons. The molecule has 0 bridgehead atoms. The molecule has 4 nitrogen and oxygen atoms in total. The van der Waals surface area contributed by atoms with Crippen molar-refractivity contribution in [1.29, 1.82) is 0 Å². The largest absolute Gasteiger partial charge is 0.383 e. The average Bonchev–Trinajstić information content (AvgIpc) is 2.60. The summed E-state index contributed by atoms with van der Waals surface area (Å²) in [6.45, 7) is 9.40. The van der Waals surface area contributed by atoms with E-state index in [0.717, 1.165) is 31.0 Å². The van der Waals surface area contributed by atoms with E-state index in [1.807, 2.05) is 19.2 Å². The van der Waals surface area contributed by atoms with Crippen LogP contribution in [0.2, 0.25) is 0 Å². The molecule has 4 heteroatoms. The van der Waals surface area contributed by atoms with Crippen molar-refractivity contribution in [3.05, 3.63) is 24.5 Å². The fourth-order valence-corrected chi connectivity index (χ4v) is 1.87. The lowest BCUT2D eigenvalue weighted by atomic mass is 10.2. The van der Waals surface area contributed by atoms with E-state index in [0.29, 0.717) is 12.6 Å². The Hall–Kier alpha value is -1.29. The van der Waals surface area contributed by atoms with Crippen LogP contribution < -0.4 is 5.32 Å². The van der Waals surface area contributed by atoms with Gasteiger partial charge in [0.25, 0.3) is 0 Å². The first kappa shape index (κ1) is 13.8. The molecule has 17 heavy (non-hydrogen) atoms. The number of nitrogens with one attached hydrogen (secondary N) is 1. The Bertz CT molecular complexity index is 340. The molecule has 1 aromatic rings. The Morgan fingerprint density at radius 2 is 2.41 bits per heavy atom. The van der Waals surface area contributed by atoms with Crippen LogP contribution in [-0.4, -0.2) is 29.3 Å². The minimum atomic E-state index is 0.315. The maximum Gasteiger partial charge on any atom is 0.203 e. The van der Waals surface area contributed by atoms with Gasteiger partial charge in [0, 0.05) is 19.9 Å². The number of methoxy groups -OCH3 is 1. The first-order valence-corrected chi connectivity index (χ1v) is 6.11. The molecule has 0 amide bonds. The number of rotatable bonds is 8. The molecule has 0 aliphatic rings. The van der Waals surface area contributed by atoms with Crippen molar-refractivity contribution in [2.45, 2.75) is 39.3 Å². The van der Waals surface area contributed by atoms with Crippen molar-refractivity contribution in [2.75, 3.05) is 19.0 Å². The van der Waals surface area contributed by atoms with Crippen LogP contribution in [0.4, 0.5) is 5.95 Å². The molecular weight excluding hydrogens is 214 g/mol. The Morgan fingerprint density at radius 3 is 3.00 bits per heavy atom. The molecule has 1 aromatic heterocycles. The van der Waals surface area contributed by atoms with Crippen molar-refractivity contribution in [3.8, 4) is 0 Å². The van der Waals surface area contributed by atoms with E-state index in [9.17, 15) is 0 Å². The molecule has 1 atom stereocenters. The van der Waals surface area contributed by atoms with Crippen molar-refractivity contribution in [1.82, 2.24) is 9.55 Å². The number of anilines is 1. The molecule has 0 radical (unpaired) electrons. The van der Waals surface area contributed by atoms with Crippen molar-refractivity contribution in [3.63, 3.8) is 0 Å². The van der Waals surface area contributed by atoms with Crippen LogP contribution in [-0.2, 0) is 11.3 Å². The predicted octanol–water partition coefficient (Wildman–Crippen LogP) is 2.60. The molecule has 0 spiro atoms. The molecule has 1 rings (SSSR count). The standard InChI is InChI=1S/C13H23N3O/c1-5-7-12(10-17-4)15-13-14-11(3)9-16(13)8-6-2/h6,9,12H,2,5,7-8,10H2,1,3-4H3,(H,14,15). The van der Waals surface area contributed by atoms with Gasteiger partial charge in [0.05, 0.1) is 18.3 Å². The van der Waals surface area contributed by atoms with Gasteiger partial charge < -0.3 is 14.6 Å². The highest BCUT2D eigenvalue weighted by molar-refractivity contribution is 5.30. The Kier molecular flexibility index (Phi) is 5.77.